The van der Waals surface area contributed by atoms with Crippen molar-refractivity contribution in [3.8, 4) is 5.75 Å². The van der Waals surface area contributed by atoms with Gasteiger partial charge in [0.05, 0.1) is 11.9 Å². The zero-order valence-corrected chi connectivity index (χ0v) is 12.3. The number of alkyl halides is 1. The Morgan fingerprint density at radius 2 is 2.06 bits per heavy atom. The fraction of sp³-hybridized carbons (Fsp3) is 0.583. The lowest BCUT2D eigenvalue weighted by Gasteiger charge is -2.14. The highest BCUT2D eigenvalue weighted by Crippen LogP contribution is 2.24. The summed E-state index contributed by atoms with van der Waals surface area (Å²) < 4.78 is 29.9. The summed E-state index contributed by atoms with van der Waals surface area (Å²) in [5.74, 6) is 0.453. The molecular formula is C12H18ClNO3S. The fourth-order valence-corrected chi connectivity index (χ4v) is 3.36. The molecule has 0 radical (unpaired) electrons. The smallest absolute Gasteiger partial charge is 0.199 e. The molecule has 0 aromatic carbocycles. The number of rotatable bonds is 6. The van der Waals surface area contributed by atoms with E-state index in [-0.39, 0.29) is 22.8 Å². The third kappa shape index (κ3) is 4.14. The molecule has 18 heavy (non-hydrogen) atoms. The lowest BCUT2D eigenvalue weighted by atomic mass is 10.3. The van der Waals surface area contributed by atoms with E-state index in [0.717, 1.165) is 0 Å². The lowest BCUT2D eigenvalue weighted by molar-refractivity contribution is 0.234. The molecule has 0 bridgehead atoms. The van der Waals surface area contributed by atoms with Crippen molar-refractivity contribution in [2.75, 3.05) is 11.6 Å². The van der Waals surface area contributed by atoms with Crippen LogP contribution in [0.3, 0.4) is 0 Å². The molecule has 0 saturated carbocycles. The summed E-state index contributed by atoms with van der Waals surface area (Å²) in [6.45, 7) is 5.46. The third-order valence-electron chi connectivity index (χ3n) is 2.16. The van der Waals surface area contributed by atoms with Gasteiger partial charge in [0.25, 0.3) is 0 Å². The SMILES string of the molecule is CC(CCl)CS(=O)(=O)c1ncccc1OC(C)C. The van der Waals surface area contributed by atoms with Crippen LogP contribution < -0.4 is 4.74 Å². The van der Waals surface area contributed by atoms with Gasteiger partial charge in [-0.3, -0.25) is 0 Å². The van der Waals surface area contributed by atoms with Crippen molar-refractivity contribution >= 4 is 21.4 Å². The van der Waals surface area contributed by atoms with Crippen LogP contribution >= 0.6 is 11.6 Å². The van der Waals surface area contributed by atoms with Gasteiger partial charge in [0.1, 0.15) is 0 Å². The molecule has 0 aliphatic heterocycles. The van der Waals surface area contributed by atoms with Gasteiger partial charge in [-0.15, -0.1) is 11.6 Å². The van der Waals surface area contributed by atoms with Gasteiger partial charge in [-0.1, -0.05) is 6.92 Å². The molecule has 0 saturated heterocycles. The Labute approximate surface area is 113 Å². The van der Waals surface area contributed by atoms with E-state index in [2.05, 4.69) is 4.98 Å². The highest BCUT2D eigenvalue weighted by Gasteiger charge is 2.24. The molecule has 0 N–H and O–H groups in total. The lowest BCUT2D eigenvalue weighted by Crippen LogP contribution is -2.18. The van der Waals surface area contributed by atoms with Crippen LogP contribution in [0.5, 0.6) is 5.75 Å². The molecule has 4 nitrogen and oxygen atoms in total. The van der Waals surface area contributed by atoms with Crippen molar-refractivity contribution in [3.05, 3.63) is 18.3 Å². The molecule has 0 spiro atoms. The van der Waals surface area contributed by atoms with E-state index >= 15 is 0 Å². The maximum atomic E-state index is 12.2. The topological polar surface area (TPSA) is 56.3 Å². The predicted molar refractivity (Wildman–Crippen MR) is 71.9 cm³/mol. The van der Waals surface area contributed by atoms with Gasteiger partial charge in [0.2, 0.25) is 0 Å². The number of ether oxygens (including phenoxy) is 1. The second-order valence-corrected chi connectivity index (χ2v) is 6.77. The van der Waals surface area contributed by atoms with E-state index in [1.165, 1.54) is 6.20 Å². The summed E-state index contributed by atoms with van der Waals surface area (Å²) in [6.07, 6.45) is 1.35. The Balaban J connectivity index is 3.08. The molecule has 1 heterocycles. The summed E-state index contributed by atoms with van der Waals surface area (Å²) in [6, 6.07) is 3.27. The average Bonchev–Trinajstić information content (AvgIpc) is 2.28. The molecule has 0 fully saturated rings. The number of hydrogen-bond donors (Lipinski definition) is 0. The maximum Gasteiger partial charge on any atom is 0.199 e. The molecule has 102 valence electrons. The second kappa shape index (κ2) is 6.38. The van der Waals surface area contributed by atoms with Gasteiger partial charge in [0.15, 0.2) is 20.6 Å². The Kier molecular flexibility index (Phi) is 5.41. The maximum absolute atomic E-state index is 12.2. The number of nitrogens with zero attached hydrogens (tertiary/aromatic N) is 1. The van der Waals surface area contributed by atoms with E-state index in [9.17, 15) is 8.42 Å². The highest BCUT2D eigenvalue weighted by atomic mass is 35.5. The number of pyridine rings is 1. The summed E-state index contributed by atoms with van der Waals surface area (Å²) >= 11 is 5.65. The van der Waals surface area contributed by atoms with Gasteiger partial charge >= 0.3 is 0 Å². The summed E-state index contributed by atoms with van der Waals surface area (Å²) in [4.78, 5) is 3.93. The molecule has 1 unspecified atom stereocenters. The molecule has 6 heteroatoms. The minimum atomic E-state index is -3.47. The third-order valence-corrected chi connectivity index (χ3v) is 4.59. The van der Waals surface area contributed by atoms with Crippen LogP contribution in [0.1, 0.15) is 20.8 Å². The van der Waals surface area contributed by atoms with Crippen LogP contribution in [0.2, 0.25) is 0 Å². The van der Waals surface area contributed by atoms with Gasteiger partial charge in [-0.25, -0.2) is 13.4 Å². The first-order valence-corrected chi connectivity index (χ1v) is 7.96. The van der Waals surface area contributed by atoms with Crippen molar-refractivity contribution < 1.29 is 13.2 Å². The van der Waals surface area contributed by atoms with Crippen molar-refractivity contribution in [1.82, 2.24) is 4.98 Å². The predicted octanol–water partition coefficient (Wildman–Crippen LogP) is 2.52. The van der Waals surface area contributed by atoms with Crippen molar-refractivity contribution in [2.45, 2.75) is 31.9 Å². The van der Waals surface area contributed by atoms with Crippen molar-refractivity contribution in [2.24, 2.45) is 5.92 Å². The number of aromatic nitrogens is 1. The van der Waals surface area contributed by atoms with Crippen LogP contribution in [-0.2, 0) is 9.84 Å². The molecular weight excluding hydrogens is 274 g/mol. The Morgan fingerprint density at radius 3 is 2.61 bits per heavy atom. The van der Waals surface area contributed by atoms with E-state index in [1.807, 2.05) is 13.8 Å². The quantitative estimate of drug-likeness (QED) is 0.756. The monoisotopic (exact) mass is 291 g/mol. The van der Waals surface area contributed by atoms with Crippen LogP contribution in [0, 0.1) is 5.92 Å². The molecule has 1 aromatic heterocycles. The van der Waals surface area contributed by atoms with Crippen LogP contribution in [-0.4, -0.2) is 31.1 Å². The first kappa shape index (κ1) is 15.2. The molecule has 0 aliphatic rings. The summed E-state index contributed by atoms with van der Waals surface area (Å²) in [7, 11) is -3.47. The Bertz CT molecular complexity index is 488. The van der Waals surface area contributed by atoms with Crippen LogP contribution in [0.4, 0.5) is 0 Å². The van der Waals surface area contributed by atoms with Gasteiger partial charge in [0, 0.05) is 12.1 Å². The zero-order valence-electron chi connectivity index (χ0n) is 10.8. The van der Waals surface area contributed by atoms with Gasteiger partial charge in [-0.2, -0.15) is 0 Å². The average molecular weight is 292 g/mol. The first-order valence-electron chi connectivity index (χ1n) is 5.77. The van der Waals surface area contributed by atoms with Crippen molar-refractivity contribution in [1.29, 1.82) is 0 Å². The number of halogens is 1. The second-order valence-electron chi connectivity index (χ2n) is 4.51. The van der Waals surface area contributed by atoms with E-state index < -0.39 is 9.84 Å². The zero-order chi connectivity index (χ0) is 13.8. The van der Waals surface area contributed by atoms with Crippen molar-refractivity contribution in [3.63, 3.8) is 0 Å². The fourth-order valence-electron chi connectivity index (χ4n) is 1.45. The highest BCUT2D eigenvalue weighted by molar-refractivity contribution is 7.91. The molecule has 1 rings (SSSR count). The molecule has 1 aromatic rings. The van der Waals surface area contributed by atoms with Crippen LogP contribution in [0.25, 0.3) is 0 Å². The van der Waals surface area contributed by atoms with Gasteiger partial charge < -0.3 is 4.74 Å². The Morgan fingerprint density at radius 1 is 1.39 bits per heavy atom. The molecule has 0 aliphatic carbocycles. The number of sulfone groups is 1. The summed E-state index contributed by atoms with van der Waals surface area (Å²) in [5.41, 5.74) is 0. The minimum absolute atomic E-state index is 0.00401. The molecule has 1 atom stereocenters. The van der Waals surface area contributed by atoms with E-state index in [4.69, 9.17) is 16.3 Å². The summed E-state index contributed by atoms with van der Waals surface area (Å²) in [5, 5.41) is -0.00401. The normalized spacial score (nSPS) is 13.6. The minimum Gasteiger partial charge on any atom is -0.488 e. The van der Waals surface area contributed by atoms with E-state index in [0.29, 0.717) is 11.6 Å². The van der Waals surface area contributed by atoms with Gasteiger partial charge in [-0.05, 0) is 31.9 Å². The van der Waals surface area contributed by atoms with E-state index in [1.54, 1.807) is 19.1 Å². The number of hydrogen-bond acceptors (Lipinski definition) is 4. The molecule has 0 amide bonds. The Hall–Kier alpha value is -0.810. The largest absolute Gasteiger partial charge is 0.488 e. The standard InChI is InChI=1S/C12H18ClNO3S/c1-9(2)17-11-5-4-6-14-12(11)18(15,16)8-10(3)7-13/h4-6,9-10H,7-8H2,1-3H3. The van der Waals surface area contributed by atoms with Crippen LogP contribution in [0.15, 0.2) is 23.4 Å². The first-order chi connectivity index (χ1) is 8.36.